The Morgan fingerprint density at radius 1 is 1.00 bits per heavy atom. The monoisotopic (exact) mass is 372 g/mol. The highest BCUT2D eigenvalue weighted by Crippen LogP contribution is 2.27. The van der Waals surface area contributed by atoms with Gasteiger partial charge in [0.05, 0.1) is 23.4 Å². The van der Waals surface area contributed by atoms with Crippen molar-refractivity contribution in [1.82, 2.24) is 24.6 Å². The van der Waals surface area contributed by atoms with Crippen LogP contribution in [0.25, 0.3) is 22.2 Å². The van der Waals surface area contributed by atoms with Crippen LogP contribution in [0.2, 0.25) is 0 Å². The zero-order chi connectivity index (χ0) is 19.5. The molecule has 0 saturated carbocycles. The first-order valence-corrected chi connectivity index (χ1v) is 9.33. The molecule has 2 aromatic carbocycles. The number of likely N-dealkylation sites (N-methyl/N-ethyl adjacent to an activating group) is 1. The third kappa shape index (κ3) is 3.73. The van der Waals surface area contributed by atoms with E-state index in [2.05, 4.69) is 47.6 Å². The Labute approximate surface area is 164 Å². The summed E-state index contributed by atoms with van der Waals surface area (Å²) >= 11 is 0. The van der Waals surface area contributed by atoms with E-state index in [1.807, 2.05) is 60.5 Å². The molecule has 4 aromatic rings. The summed E-state index contributed by atoms with van der Waals surface area (Å²) in [6.07, 6.45) is 3.95. The number of anilines is 1. The fraction of sp³-hybridized carbons (Fsp3) is 0.227. The minimum Gasteiger partial charge on any atom is -0.352 e. The van der Waals surface area contributed by atoms with Crippen molar-refractivity contribution < 1.29 is 0 Å². The summed E-state index contributed by atoms with van der Waals surface area (Å²) in [5, 5.41) is 8.79. The van der Waals surface area contributed by atoms with Gasteiger partial charge in [-0.2, -0.15) is 5.10 Å². The van der Waals surface area contributed by atoms with E-state index in [1.165, 1.54) is 0 Å². The number of rotatable bonds is 6. The maximum absolute atomic E-state index is 4.84. The van der Waals surface area contributed by atoms with Crippen LogP contribution in [0, 0.1) is 0 Å². The van der Waals surface area contributed by atoms with E-state index in [0.29, 0.717) is 12.5 Å². The number of hydrogen-bond donors (Lipinski definition) is 1. The third-order valence-electron chi connectivity index (χ3n) is 4.84. The summed E-state index contributed by atoms with van der Waals surface area (Å²) in [5.41, 5.74) is 4.11. The minimum absolute atomic E-state index is 0.170. The Hall–Kier alpha value is -3.25. The third-order valence-corrected chi connectivity index (χ3v) is 4.84. The first-order chi connectivity index (χ1) is 13.6. The fourth-order valence-electron chi connectivity index (χ4n) is 3.37. The summed E-state index contributed by atoms with van der Waals surface area (Å²) in [4.78, 5) is 11.7. The van der Waals surface area contributed by atoms with Crippen molar-refractivity contribution in [1.29, 1.82) is 0 Å². The summed E-state index contributed by atoms with van der Waals surface area (Å²) in [6, 6.07) is 18.5. The van der Waals surface area contributed by atoms with Crippen LogP contribution in [0.15, 0.2) is 67.0 Å². The van der Waals surface area contributed by atoms with Gasteiger partial charge in [-0.3, -0.25) is 4.68 Å². The molecule has 6 heteroatoms. The van der Waals surface area contributed by atoms with E-state index in [1.54, 1.807) is 0 Å². The number of nitrogens with zero attached hydrogens (tertiary/aromatic N) is 5. The van der Waals surface area contributed by atoms with E-state index >= 15 is 0 Å². The number of fused-ring (bicyclic) bond motifs is 1. The zero-order valence-corrected chi connectivity index (χ0v) is 16.4. The van der Waals surface area contributed by atoms with E-state index in [9.17, 15) is 0 Å². The van der Waals surface area contributed by atoms with Gasteiger partial charge < -0.3 is 10.2 Å². The van der Waals surface area contributed by atoms with Gasteiger partial charge in [-0.1, -0.05) is 48.5 Å². The number of aryl methyl sites for hydroxylation is 1. The molecular weight excluding hydrogens is 348 g/mol. The first-order valence-electron chi connectivity index (χ1n) is 9.33. The van der Waals surface area contributed by atoms with Gasteiger partial charge in [0.15, 0.2) is 0 Å². The predicted octanol–water partition coefficient (Wildman–Crippen LogP) is 3.75. The molecule has 0 amide bonds. The highest BCUT2D eigenvalue weighted by Gasteiger charge is 2.17. The lowest BCUT2D eigenvalue weighted by atomic mass is 10.1. The molecule has 0 saturated heterocycles. The molecule has 1 atom stereocenters. The van der Waals surface area contributed by atoms with Gasteiger partial charge in [-0.15, -0.1) is 0 Å². The van der Waals surface area contributed by atoms with Crippen molar-refractivity contribution >= 4 is 16.9 Å². The second-order valence-corrected chi connectivity index (χ2v) is 7.09. The number of para-hydroxylation sites is 1. The van der Waals surface area contributed by atoms with Gasteiger partial charge in [-0.25, -0.2) is 9.97 Å². The zero-order valence-electron chi connectivity index (χ0n) is 16.4. The maximum Gasteiger partial charge on any atom is 0.223 e. The molecule has 28 heavy (non-hydrogen) atoms. The molecule has 6 nitrogen and oxygen atoms in total. The van der Waals surface area contributed by atoms with Crippen LogP contribution in [0.5, 0.6) is 0 Å². The number of benzene rings is 2. The van der Waals surface area contributed by atoms with Gasteiger partial charge in [0.25, 0.3) is 0 Å². The Kier molecular flexibility index (Phi) is 5.04. The summed E-state index contributed by atoms with van der Waals surface area (Å²) < 4.78 is 1.83. The van der Waals surface area contributed by atoms with Crippen molar-refractivity contribution in [2.24, 2.45) is 7.05 Å². The van der Waals surface area contributed by atoms with Crippen molar-refractivity contribution in [3.8, 4) is 11.3 Å². The molecule has 0 aliphatic heterocycles. The van der Waals surface area contributed by atoms with Crippen molar-refractivity contribution in [3.05, 3.63) is 72.6 Å². The molecule has 0 aliphatic rings. The summed E-state index contributed by atoms with van der Waals surface area (Å²) in [6.45, 7) is 0.686. The largest absolute Gasteiger partial charge is 0.352 e. The first kappa shape index (κ1) is 18.1. The Morgan fingerprint density at radius 3 is 2.46 bits per heavy atom. The second-order valence-electron chi connectivity index (χ2n) is 7.09. The van der Waals surface area contributed by atoms with E-state index in [4.69, 9.17) is 9.97 Å². The average Bonchev–Trinajstić information content (AvgIpc) is 3.14. The molecule has 0 bridgehead atoms. The van der Waals surface area contributed by atoms with Crippen molar-refractivity contribution in [2.75, 3.05) is 26.0 Å². The second kappa shape index (κ2) is 7.78. The number of nitrogens with one attached hydrogen (secondary N) is 1. The Balaban J connectivity index is 1.67. The van der Waals surface area contributed by atoms with Crippen molar-refractivity contribution in [3.63, 3.8) is 0 Å². The van der Waals surface area contributed by atoms with Crippen LogP contribution < -0.4 is 5.32 Å². The highest BCUT2D eigenvalue weighted by atomic mass is 15.2. The van der Waals surface area contributed by atoms with Crippen LogP contribution >= 0.6 is 0 Å². The molecule has 2 heterocycles. The van der Waals surface area contributed by atoms with Crippen LogP contribution in [-0.2, 0) is 7.05 Å². The van der Waals surface area contributed by atoms with Gasteiger partial charge >= 0.3 is 0 Å². The van der Waals surface area contributed by atoms with Gasteiger partial charge in [0, 0.05) is 36.3 Å². The van der Waals surface area contributed by atoms with Crippen LogP contribution in [0.3, 0.4) is 0 Å². The number of hydrogen-bond acceptors (Lipinski definition) is 5. The quantitative estimate of drug-likeness (QED) is 0.559. The van der Waals surface area contributed by atoms with Gasteiger partial charge in [-0.05, 0) is 20.2 Å². The summed E-state index contributed by atoms with van der Waals surface area (Å²) in [7, 11) is 6.06. The molecule has 4 rings (SSSR count). The van der Waals surface area contributed by atoms with E-state index in [-0.39, 0.29) is 6.04 Å². The molecule has 1 N–H and O–H groups in total. The molecule has 142 valence electrons. The molecule has 2 aromatic heterocycles. The lowest BCUT2D eigenvalue weighted by Crippen LogP contribution is -2.27. The predicted molar refractivity (Wildman–Crippen MR) is 113 cm³/mol. The molecule has 0 fully saturated rings. The standard InChI is InChI=1S/C22H24N6/c1-27(2)20(17-13-24-28(3)15-17)14-23-22-25-19-12-8-7-11-18(19)21(26-22)16-9-5-4-6-10-16/h4-13,15,20H,14H2,1-3H3,(H,23,25,26). The Bertz CT molecular complexity index is 1070. The van der Waals surface area contributed by atoms with Crippen LogP contribution in [0.4, 0.5) is 5.95 Å². The SMILES string of the molecule is CN(C)C(CNc1nc(-c2ccccc2)c2ccccc2n1)c1cnn(C)c1. The maximum atomic E-state index is 4.84. The van der Waals surface area contributed by atoms with Crippen LogP contribution in [-0.4, -0.2) is 45.3 Å². The van der Waals surface area contributed by atoms with Crippen molar-refractivity contribution in [2.45, 2.75) is 6.04 Å². The number of aromatic nitrogens is 4. The van der Waals surface area contributed by atoms with Gasteiger partial charge in [0.1, 0.15) is 0 Å². The Morgan fingerprint density at radius 2 is 1.75 bits per heavy atom. The normalized spacial score (nSPS) is 12.4. The summed E-state index contributed by atoms with van der Waals surface area (Å²) in [5.74, 6) is 0.633. The lowest BCUT2D eigenvalue weighted by Gasteiger charge is -2.23. The molecule has 0 spiro atoms. The fourth-order valence-corrected chi connectivity index (χ4v) is 3.37. The molecular formula is C22H24N6. The minimum atomic E-state index is 0.170. The molecule has 0 radical (unpaired) electrons. The highest BCUT2D eigenvalue weighted by molar-refractivity contribution is 5.93. The topological polar surface area (TPSA) is 58.9 Å². The van der Waals surface area contributed by atoms with E-state index < -0.39 is 0 Å². The van der Waals surface area contributed by atoms with Crippen LogP contribution in [0.1, 0.15) is 11.6 Å². The van der Waals surface area contributed by atoms with E-state index in [0.717, 1.165) is 27.7 Å². The molecule has 0 aliphatic carbocycles. The molecule has 1 unspecified atom stereocenters. The average molecular weight is 372 g/mol. The smallest absolute Gasteiger partial charge is 0.223 e. The van der Waals surface area contributed by atoms with Gasteiger partial charge in [0.2, 0.25) is 5.95 Å². The lowest BCUT2D eigenvalue weighted by molar-refractivity contribution is 0.311.